The SMILES string of the molecule is CC(Oc1ccc(Cl)cc1)C(=O)NCCNC(=O)c1ccccc1Cl. The van der Waals surface area contributed by atoms with E-state index in [1.165, 1.54) is 0 Å². The fourth-order valence-electron chi connectivity index (χ4n) is 2.02. The molecule has 0 bridgehead atoms. The zero-order chi connectivity index (χ0) is 18.2. The lowest BCUT2D eigenvalue weighted by atomic mass is 10.2. The molecule has 0 fully saturated rings. The highest BCUT2D eigenvalue weighted by atomic mass is 35.5. The second-order valence-corrected chi connectivity index (χ2v) is 6.08. The largest absolute Gasteiger partial charge is 0.481 e. The Morgan fingerprint density at radius 2 is 1.64 bits per heavy atom. The van der Waals surface area contributed by atoms with Gasteiger partial charge in [0.15, 0.2) is 6.10 Å². The number of halogens is 2. The van der Waals surface area contributed by atoms with Gasteiger partial charge >= 0.3 is 0 Å². The summed E-state index contributed by atoms with van der Waals surface area (Å²) < 4.78 is 5.52. The monoisotopic (exact) mass is 380 g/mol. The van der Waals surface area contributed by atoms with Gasteiger partial charge in [-0.05, 0) is 43.3 Å². The van der Waals surface area contributed by atoms with Crippen LogP contribution >= 0.6 is 23.2 Å². The molecular weight excluding hydrogens is 363 g/mol. The topological polar surface area (TPSA) is 67.4 Å². The van der Waals surface area contributed by atoms with Gasteiger partial charge in [-0.2, -0.15) is 0 Å². The van der Waals surface area contributed by atoms with Crippen LogP contribution in [0.1, 0.15) is 17.3 Å². The highest BCUT2D eigenvalue weighted by Gasteiger charge is 2.14. The molecule has 0 saturated carbocycles. The van der Waals surface area contributed by atoms with E-state index in [2.05, 4.69) is 10.6 Å². The standard InChI is InChI=1S/C18H18Cl2N2O3/c1-12(25-14-8-6-13(19)7-9-14)17(23)21-10-11-22-18(24)15-4-2-3-5-16(15)20/h2-9,12H,10-11H2,1H3,(H,21,23)(H,22,24). The molecule has 0 saturated heterocycles. The van der Waals surface area contributed by atoms with Crippen LogP contribution in [0.3, 0.4) is 0 Å². The normalized spacial score (nSPS) is 11.5. The first-order chi connectivity index (χ1) is 12.0. The fourth-order valence-corrected chi connectivity index (χ4v) is 2.36. The fraction of sp³-hybridized carbons (Fsp3) is 0.222. The number of amides is 2. The lowest BCUT2D eigenvalue weighted by Crippen LogP contribution is -2.40. The van der Waals surface area contributed by atoms with Crippen LogP contribution < -0.4 is 15.4 Å². The van der Waals surface area contributed by atoms with Gasteiger partial charge in [0.1, 0.15) is 5.75 Å². The van der Waals surface area contributed by atoms with Gasteiger partial charge in [-0.15, -0.1) is 0 Å². The quantitative estimate of drug-likeness (QED) is 0.724. The molecule has 1 unspecified atom stereocenters. The maximum absolute atomic E-state index is 12.0. The lowest BCUT2D eigenvalue weighted by molar-refractivity contribution is -0.127. The Hall–Kier alpha value is -2.24. The van der Waals surface area contributed by atoms with Crippen molar-refractivity contribution in [3.05, 3.63) is 64.1 Å². The first-order valence-corrected chi connectivity index (χ1v) is 8.45. The van der Waals surface area contributed by atoms with E-state index in [-0.39, 0.29) is 24.9 Å². The number of carbonyl (C=O) groups excluding carboxylic acids is 2. The molecule has 1 atom stereocenters. The summed E-state index contributed by atoms with van der Waals surface area (Å²) in [6.07, 6.45) is -0.666. The maximum Gasteiger partial charge on any atom is 0.260 e. The summed E-state index contributed by atoms with van der Waals surface area (Å²) in [6, 6.07) is 13.5. The van der Waals surface area contributed by atoms with Gasteiger partial charge in [-0.25, -0.2) is 0 Å². The van der Waals surface area contributed by atoms with Gasteiger partial charge in [-0.3, -0.25) is 9.59 Å². The van der Waals surface area contributed by atoms with E-state index in [1.54, 1.807) is 55.5 Å². The molecule has 0 radical (unpaired) electrons. The number of nitrogens with one attached hydrogen (secondary N) is 2. The van der Waals surface area contributed by atoms with Crippen molar-refractivity contribution < 1.29 is 14.3 Å². The van der Waals surface area contributed by atoms with E-state index in [9.17, 15) is 9.59 Å². The van der Waals surface area contributed by atoms with E-state index < -0.39 is 6.10 Å². The molecule has 0 aromatic heterocycles. The predicted octanol–water partition coefficient (Wildman–Crippen LogP) is 3.31. The molecule has 0 aliphatic rings. The van der Waals surface area contributed by atoms with Crippen molar-refractivity contribution in [2.24, 2.45) is 0 Å². The van der Waals surface area contributed by atoms with E-state index in [4.69, 9.17) is 27.9 Å². The third kappa shape index (κ3) is 5.96. The number of hydrogen-bond donors (Lipinski definition) is 2. The Bertz CT molecular complexity index is 735. The molecule has 0 heterocycles. The summed E-state index contributed by atoms with van der Waals surface area (Å²) >= 11 is 11.8. The first kappa shape index (κ1) is 19.1. The molecule has 0 spiro atoms. The van der Waals surface area contributed by atoms with Crippen molar-refractivity contribution in [1.29, 1.82) is 0 Å². The van der Waals surface area contributed by atoms with Crippen LogP contribution in [-0.2, 0) is 4.79 Å². The molecule has 2 aromatic rings. The summed E-state index contributed by atoms with van der Waals surface area (Å²) in [5.74, 6) is -0.00803. The van der Waals surface area contributed by atoms with Crippen LogP contribution in [0.2, 0.25) is 10.0 Å². The zero-order valence-corrected chi connectivity index (χ0v) is 15.1. The van der Waals surface area contributed by atoms with Crippen LogP contribution in [0.5, 0.6) is 5.75 Å². The summed E-state index contributed by atoms with van der Waals surface area (Å²) in [6.45, 7) is 2.21. The second kappa shape index (κ2) is 9.30. The molecule has 2 rings (SSSR count). The number of hydrogen-bond acceptors (Lipinski definition) is 3. The van der Waals surface area contributed by atoms with Gasteiger partial charge in [0, 0.05) is 18.1 Å². The third-order valence-corrected chi connectivity index (χ3v) is 3.91. The predicted molar refractivity (Wildman–Crippen MR) is 98.3 cm³/mol. The molecule has 0 aliphatic carbocycles. The minimum atomic E-state index is -0.666. The number of benzene rings is 2. The van der Waals surface area contributed by atoms with Crippen molar-refractivity contribution in [3.63, 3.8) is 0 Å². The van der Waals surface area contributed by atoms with Crippen molar-refractivity contribution in [2.75, 3.05) is 13.1 Å². The van der Waals surface area contributed by atoms with Crippen molar-refractivity contribution in [1.82, 2.24) is 10.6 Å². The molecule has 25 heavy (non-hydrogen) atoms. The number of carbonyl (C=O) groups is 2. The third-order valence-electron chi connectivity index (χ3n) is 3.32. The van der Waals surface area contributed by atoms with E-state index in [0.29, 0.717) is 21.4 Å². The minimum absolute atomic E-state index is 0.276. The lowest BCUT2D eigenvalue weighted by Gasteiger charge is -2.15. The zero-order valence-electron chi connectivity index (χ0n) is 13.6. The number of ether oxygens (including phenoxy) is 1. The van der Waals surface area contributed by atoms with Crippen LogP contribution in [0.25, 0.3) is 0 Å². The molecule has 0 aliphatic heterocycles. The summed E-state index contributed by atoms with van der Waals surface area (Å²) in [5, 5.41) is 6.37. The summed E-state index contributed by atoms with van der Waals surface area (Å²) in [5.41, 5.74) is 0.398. The molecule has 7 heteroatoms. The Kier molecular flexibility index (Phi) is 7.10. The Morgan fingerprint density at radius 1 is 1.00 bits per heavy atom. The van der Waals surface area contributed by atoms with Gasteiger partial charge in [0.05, 0.1) is 10.6 Å². The second-order valence-electron chi connectivity index (χ2n) is 5.24. The van der Waals surface area contributed by atoms with Crippen LogP contribution in [0.4, 0.5) is 0 Å². The van der Waals surface area contributed by atoms with Crippen LogP contribution in [0.15, 0.2) is 48.5 Å². The van der Waals surface area contributed by atoms with Gasteiger partial charge < -0.3 is 15.4 Å². The highest BCUT2D eigenvalue weighted by molar-refractivity contribution is 6.33. The first-order valence-electron chi connectivity index (χ1n) is 7.70. The van der Waals surface area contributed by atoms with E-state index in [0.717, 1.165) is 0 Å². The molecule has 2 amide bonds. The van der Waals surface area contributed by atoms with Gasteiger partial charge in [0.25, 0.3) is 11.8 Å². The average Bonchev–Trinajstić information content (AvgIpc) is 2.60. The Balaban J connectivity index is 1.72. The average molecular weight is 381 g/mol. The van der Waals surface area contributed by atoms with E-state index >= 15 is 0 Å². The minimum Gasteiger partial charge on any atom is -0.481 e. The van der Waals surface area contributed by atoms with Gasteiger partial charge in [-0.1, -0.05) is 35.3 Å². The van der Waals surface area contributed by atoms with Crippen molar-refractivity contribution >= 4 is 35.0 Å². The van der Waals surface area contributed by atoms with Crippen molar-refractivity contribution in [2.45, 2.75) is 13.0 Å². The summed E-state index contributed by atoms with van der Waals surface area (Å²) in [7, 11) is 0. The molecule has 132 valence electrons. The maximum atomic E-state index is 12.0. The van der Waals surface area contributed by atoms with Crippen molar-refractivity contribution in [3.8, 4) is 5.75 Å². The van der Waals surface area contributed by atoms with Gasteiger partial charge in [0.2, 0.25) is 0 Å². The summed E-state index contributed by atoms with van der Waals surface area (Å²) in [4.78, 5) is 24.0. The molecular formula is C18H18Cl2N2O3. The number of rotatable bonds is 7. The van der Waals surface area contributed by atoms with Crippen LogP contribution in [0, 0.1) is 0 Å². The smallest absolute Gasteiger partial charge is 0.260 e. The highest BCUT2D eigenvalue weighted by Crippen LogP contribution is 2.17. The molecule has 2 N–H and O–H groups in total. The Labute approximate surface area is 156 Å². The van der Waals surface area contributed by atoms with E-state index in [1.807, 2.05) is 0 Å². The van der Waals surface area contributed by atoms with Crippen LogP contribution in [-0.4, -0.2) is 31.0 Å². The molecule has 5 nitrogen and oxygen atoms in total. The Morgan fingerprint density at radius 3 is 2.32 bits per heavy atom. The molecule has 2 aromatic carbocycles.